The first kappa shape index (κ1) is 15.6. The first-order chi connectivity index (χ1) is 10.0. The van der Waals surface area contributed by atoms with E-state index in [4.69, 9.17) is 5.73 Å². The van der Waals surface area contributed by atoms with Gasteiger partial charge in [0, 0.05) is 24.8 Å². The Bertz CT molecular complexity index is 587. The van der Waals surface area contributed by atoms with Gasteiger partial charge in [0.2, 0.25) is 0 Å². The zero-order chi connectivity index (χ0) is 15.4. The minimum atomic E-state index is 0.0329. The van der Waals surface area contributed by atoms with Crippen molar-refractivity contribution in [2.75, 3.05) is 18.0 Å². The lowest BCUT2D eigenvalue weighted by molar-refractivity contribution is 0.676. The van der Waals surface area contributed by atoms with Crippen molar-refractivity contribution in [2.24, 2.45) is 5.73 Å². The van der Waals surface area contributed by atoms with Crippen LogP contribution in [0.25, 0.3) is 0 Å². The highest BCUT2D eigenvalue weighted by Crippen LogP contribution is 2.20. The van der Waals surface area contributed by atoms with Gasteiger partial charge in [0.25, 0.3) is 0 Å². The average molecular weight is 282 g/mol. The zero-order valence-electron chi connectivity index (χ0n) is 13.6. The highest BCUT2D eigenvalue weighted by atomic mass is 15.1. The fraction of sp³-hybridized carbons (Fsp3) is 0.368. The number of hydrogen-bond acceptors (Lipinski definition) is 2. The fourth-order valence-corrected chi connectivity index (χ4v) is 2.51. The molecule has 1 unspecified atom stereocenters. The van der Waals surface area contributed by atoms with Gasteiger partial charge in [-0.1, -0.05) is 35.9 Å². The second-order valence-corrected chi connectivity index (χ2v) is 5.82. The molecule has 0 aliphatic rings. The first-order valence-corrected chi connectivity index (χ1v) is 7.65. The SMILES string of the molecule is CCN(CC(N)c1ccc(C)c(C)c1)c1ccc(C)cc1. The summed E-state index contributed by atoms with van der Waals surface area (Å²) >= 11 is 0. The van der Waals surface area contributed by atoms with Gasteiger partial charge in [0.15, 0.2) is 0 Å². The molecule has 2 aromatic rings. The monoisotopic (exact) mass is 282 g/mol. The number of nitrogens with zero attached hydrogens (tertiary/aromatic N) is 1. The summed E-state index contributed by atoms with van der Waals surface area (Å²) in [7, 11) is 0. The summed E-state index contributed by atoms with van der Waals surface area (Å²) in [6, 6.07) is 15.2. The largest absolute Gasteiger partial charge is 0.370 e. The summed E-state index contributed by atoms with van der Waals surface area (Å²) < 4.78 is 0. The van der Waals surface area contributed by atoms with E-state index >= 15 is 0 Å². The molecule has 0 radical (unpaired) electrons. The molecule has 2 N–H and O–H groups in total. The van der Waals surface area contributed by atoms with Gasteiger partial charge in [-0.05, 0) is 56.5 Å². The zero-order valence-corrected chi connectivity index (χ0v) is 13.6. The van der Waals surface area contributed by atoms with Gasteiger partial charge in [-0.25, -0.2) is 0 Å². The van der Waals surface area contributed by atoms with Crippen molar-refractivity contribution in [2.45, 2.75) is 33.7 Å². The van der Waals surface area contributed by atoms with Gasteiger partial charge < -0.3 is 10.6 Å². The highest BCUT2D eigenvalue weighted by Gasteiger charge is 2.12. The van der Waals surface area contributed by atoms with Crippen molar-refractivity contribution in [3.05, 3.63) is 64.7 Å². The van der Waals surface area contributed by atoms with Crippen molar-refractivity contribution < 1.29 is 0 Å². The smallest absolute Gasteiger partial charge is 0.0473 e. The Labute approximate surface area is 128 Å². The van der Waals surface area contributed by atoms with Crippen molar-refractivity contribution in [1.82, 2.24) is 0 Å². The lowest BCUT2D eigenvalue weighted by Crippen LogP contribution is -2.32. The number of nitrogens with two attached hydrogens (primary N) is 1. The predicted octanol–water partition coefficient (Wildman–Crippen LogP) is 4.14. The summed E-state index contributed by atoms with van der Waals surface area (Å²) in [5.74, 6) is 0. The molecule has 0 saturated heterocycles. The van der Waals surface area contributed by atoms with E-state index in [9.17, 15) is 0 Å². The summed E-state index contributed by atoms with van der Waals surface area (Å²) in [5.41, 5.74) is 12.8. The number of hydrogen-bond donors (Lipinski definition) is 1. The number of likely N-dealkylation sites (N-methyl/N-ethyl adjacent to an activating group) is 1. The van der Waals surface area contributed by atoms with Crippen LogP contribution in [0, 0.1) is 20.8 Å². The molecule has 0 fully saturated rings. The van der Waals surface area contributed by atoms with Crippen LogP contribution in [0.15, 0.2) is 42.5 Å². The van der Waals surface area contributed by atoms with E-state index in [1.807, 2.05) is 0 Å². The predicted molar refractivity (Wildman–Crippen MR) is 91.9 cm³/mol. The maximum absolute atomic E-state index is 6.42. The molecular weight excluding hydrogens is 256 g/mol. The first-order valence-electron chi connectivity index (χ1n) is 7.65. The maximum Gasteiger partial charge on any atom is 0.0473 e. The Morgan fingerprint density at radius 2 is 1.62 bits per heavy atom. The molecule has 0 heterocycles. The molecule has 0 bridgehead atoms. The standard InChI is InChI=1S/C19H26N2/c1-5-21(18-10-6-14(2)7-11-18)13-19(20)17-9-8-15(3)16(4)12-17/h6-12,19H,5,13,20H2,1-4H3. The van der Waals surface area contributed by atoms with Crippen LogP contribution in [0.5, 0.6) is 0 Å². The summed E-state index contributed by atoms with van der Waals surface area (Å²) in [5, 5.41) is 0. The van der Waals surface area contributed by atoms with E-state index in [0.717, 1.165) is 13.1 Å². The molecule has 0 amide bonds. The molecule has 21 heavy (non-hydrogen) atoms. The van der Waals surface area contributed by atoms with Gasteiger partial charge >= 0.3 is 0 Å². The van der Waals surface area contributed by atoms with Gasteiger partial charge in [0.1, 0.15) is 0 Å². The molecule has 2 nitrogen and oxygen atoms in total. The van der Waals surface area contributed by atoms with E-state index in [0.29, 0.717) is 0 Å². The average Bonchev–Trinajstić information content (AvgIpc) is 2.48. The maximum atomic E-state index is 6.42. The normalized spacial score (nSPS) is 12.2. The third-order valence-electron chi connectivity index (χ3n) is 4.16. The quantitative estimate of drug-likeness (QED) is 0.893. The summed E-state index contributed by atoms with van der Waals surface area (Å²) in [6.07, 6.45) is 0. The Balaban J connectivity index is 2.13. The lowest BCUT2D eigenvalue weighted by atomic mass is 10.0. The minimum absolute atomic E-state index is 0.0329. The van der Waals surface area contributed by atoms with Crippen molar-refractivity contribution >= 4 is 5.69 Å². The molecule has 0 spiro atoms. The van der Waals surface area contributed by atoms with Crippen molar-refractivity contribution in [3.8, 4) is 0 Å². The molecule has 0 aromatic heterocycles. The Kier molecular flexibility index (Phi) is 5.03. The Hall–Kier alpha value is -1.80. The molecule has 2 aromatic carbocycles. The summed E-state index contributed by atoms with van der Waals surface area (Å²) in [4.78, 5) is 2.33. The van der Waals surface area contributed by atoms with Gasteiger partial charge in [0.05, 0.1) is 0 Å². The van der Waals surface area contributed by atoms with E-state index < -0.39 is 0 Å². The van der Waals surface area contributed by atoms with Crippen LogP contribution >= 0.6 is 0 Å². The summed E-state index contributed by atoms with van der Waals surface area (Å²) in [6.45, 7) is 10.4. The van der Waals surface area contributed by atoms with Crippen LogP contribution in [0.4, 0.5) is 5.69 Å². The number of aryl methyl sites for hydroxylation is 3. The lowest BCUT2D eigenvalue weighted by Gasteiger charge is -2.27. The van der Waals surface area contributed by atoms with E-state index in [1.54, 1.807) is 0 Å². The molecule has 0 aliphatic carbocycles. The van der Waals surface area contributed by atoms with Crippen LogP contribution in [0.3, 0.4) is 0 Å². The molecule has 0 saturated carbocycles. The van der Waals surface area contributed by atoms with E-state index in [2.05, 4.69) is 75.1 Å². The minimum Gasteiger partial charge on any atom is -0.370 e. The van der Waals surface area contributed by atoms with Crippen LogP contribution < -0.4 is 10.6 Å². The van der Waals surface area contributed by atoms with Crippen molar-refractivity contribution in [1.29, 1.82) is 0 Å². The van der Waals surface area contributed by atoms with Gasteiger partial charge in [-0.15, -0.1) is 0 Å². The van der Waals surface area contributed by atoms with E-state index in [-0.39, 0.29) is 6.04 Å². The van der Waals surface area contributed by atoms with Crippen LogP contribution in [0.2, 0.25) is 0 Å². The highest BCUT2D eigenvalue weighted by molar-refractivity contribution is 5.48. The van der Waals surface area contributed by atoms with Crippen LogP contribution in [-0.4, -0.2) is 13.1 Å². The molecular formula is C19H26N2. The molecule has 2 heteroatoms. The van der Waals surface area contributed by atoms with Crippen molar-refractivity contribution in [3.63, 3.8) is 0 Å². The third-order valence-corrected chi connectivity index (χ3v) is 4.16. The van der Waals surface area contributed by atoms with E-state index in [1.165, 1.54) is 27.9 Å². The molecule has 0 aliphatic heterocycles. The topological polar surface area (TPSA) is 29.3 Å². The van der Waals surface area contributed by atoms with Crippen LogP contribution in [0.1, 0.15) is 35.2 Å². The fourth-order valence-electron chi connectivity index (χ4n) is 2.51. The third kappa shape index (κ3) is 3.85. The second-order valence-electron chi connectivity index (χ2n) is 5.82. The molecule has 112 valence electrons. The van der Waals surface area contributed by atoms with Gasteiger partial charge in [-0.2, -0.15) is 0 Å². The van der Waals surface area contributed by atoms with Crippen LogP contribution in [-0.2, 0) is 0 Å². The Morgan fingerprint density at radius 3 is 2.19 bits per heavy atom. The Morgan fingerprint density at radius 1 is 0.952 bits per heavy atom. The number of rotatable bonds is 5. The van der Waals surface area contributed by atoms with Gasteiger partial charge in [-0.3, -0.25) is 0 Å². The molecule has 2 rings (SSSR count). The number of benzene rings is 2. The number of anilines is 1. The molecule has 1 atom stereocenters. The second kappa shape index (κ2) is 6.77.